The van der Waals surface area contributed by atoms with E-state index in [2.05, 4.69) is 22.2 Å². The molecule has 0 unspecified atom stereocenters. The summed E-state index contributed by atoms with van der Waals surface area (Å²) in [5, 5.41) is 2.98. The molecular weight excluding hydrogens is 252 g/mol. The molecule has 1 aliphatic rings. The Balaban J connectivity index is 1.64. The Hall–Kier alpha value is -1.59. The van der Waals surface area contributed by atoms with Crippen molar-refractivity contribution in [2.75, 3.05) is 52.0 Å². The average Bonchev–Trinajstić information content (AvgIpc) is 2.44. The number of carbonyl (C=O) groups excluding carboxylic acids is 1. The van der Waals surface area contributed by atoms with Crippen LogP contribution in [0.2, 0.25) is 0 Å². The number of nitrogens with two attached hydrogens (primary N) is 1. The topological polar surface area (TPSA) is 61.6 Å². The number of rotatable bonds is 5. The van der Waals surface area contributed by atoms with Crippen LogP contribution in [0.1, 0.15) is 5.56 Å². The summed E-state index contributed by atoms with van der Waals surface area (Å²) in [6.45, 7) is 6.05. The second-order valence-corrected chi connectivity index (χ2v) is 5.41. The maximum atomic E-state index is 11.8. The number of anilines is 1. The molecule has 2 rings (SSSR count). The van der Waals surface area contributed by atoms with E-state index in [1.54, 1.807) is 0 Å². The molecule has 1 aliphatic heterocycles. The van der Waals surface area contributed by atoms with Crippen molar-refractivity contribution in [3.8, 4) is 0 Å². The zero-order chi connectivity index (χ0) is 14.4. The SMILES string of the molecule is CN1CCN(CCNC(=O)Cc2ccc(N)cc2)CC1. The van der Waals surface area contributed by atoms with Crippen molar-refractivity contribution < 1.29 is 4.79 Å². The van der Waals surface area contributed by atoms with Gasteiger partial charge in [-0.2, -0.15) is 0 Å². The smallest absolute Gasteiger partial charge is 0.224 e. The summed E-state index contributed by atoms with van der Waals surface area (Å²) in [6.07, 6.45) is 0.420. The molecule has 1 aromatic carbocycles. The molecule has 0 aliphatic carbocycles. The van der Waals surface area contributed by atoms with Crippen molar-refractivity contribution in [2.45, 2.75) is 6.42 Å². The van der Waals surface area contributed by atoms with Gasteiger partial charge in [-0.05, 0) is 24.7 Å². The van der Waals surface area contributed by atoms with Gasteiger partial charge in [-0.1, -0.05) is 12.1 Å². The fourth-order valence-electron chi connectivity index (χ4n) is 2.31. The first-order valence-corrected chi connectivity index (χ1v) is 7.15. The van der Waals surface area contributed by atoms with Crippen molar-refractivity contribution in [3.05, 3.63) is 29.8 Å². The predicted molar refractivity (Wildman–Crippen MR) is 81.5 cm³/mol. The summed E-state index contributed by atoms with van der Waals surface area (Å²) in [6, 6.07) is 7.45. The molecule has 3 N–H and O–H groups in total. The minimum absolute atomic E-state index is 0.0731. The normalized spacial score (nSPS) is 17.1. The molecule has 1 fully saturated rings. The Morgan fingerprint density at radius 3 is 2.50 bits per heavy atom. The first-order chi connectivity index (χ1) is 9.63. The molecule has 1 saturated heterocycles. The van der Waals surface area contributed by atoms with Crippen LogP contribution in [-0.2, 0) is 11.2 Å². The van der Waals surface area contributed by atoms with Crippen molar-refractivity contribution in [1.82, 2.24) is 15.1 Å². The van der Waals surface area contributed by atoms with Gasteiger partial charge >= 0.3 is 0 Å². The third-order valence-electron chi connectivity index (χ3n) is 3.69. The summed E-state index contributed by atoms with van der Waals surface area (Å²) in [5.74, 6) is 0.0731. The molecule has 0 radical (unpaired) electrons. The van der Waals surface area contributed by atoms with Gasteiger partial charge in [-0.25, -0.2) is 0 Å². The molecular formula is C15H24N4O. The van der Waals surface area contributed by atoms with E-state index in [1.165, 1.54) is 0 Å². The second-order valence-electron chi connectivity index (χ2n) is 5.41. The van der Waals surface area contributed by atoms with Gasteiger partial charge in [-0.3, -0.25) is 9.69 Å². The first kappa shape index (κ1) is 14.8. The predicted octanol–water partition coefficient (Wildman–Crippen LogP) is 0.175. The van der Waals surface area contributed by atoms with Gasteiger partial charge in [0.1, 0.15) is 0 Å². The summed E-state index contributed by atoms with van der Waals surface area (Å²) >= 11 is 0. The third kappa shape index (κ3) is 4.83. The highest BCUT2D eigenvalue weighted by Gasteiger charge is 2.13. The van der Waals surface area contributed by atoms with E-state index >= 15 is 0 Å². The first-order valence-electron chi connectivity index (χ1n) is 7.15. The molecule has 0 bridgehead atoms. The zero-order valence-electron chi connectivity index (χ0n) is 12.1. The number of nitrogen functional groups attached to an aromatic ring is 1. The Labute approximate surface area is 120 Å². The lowest BCUT2D eigenvalue weighted by molar-refractivity contribution is -0.120. The van der Waals surface area contributed by atoms with Crippen LogP contribution >= 0.6 is 0 Å². The molecule has 0 aromatic heterocycles. The quantitative estimate of drug-likeness (QED) is 0.753. The largest absolute Gasteiger partial charge is 0.399 e. The van der Waals surface area contributed by atoms with Gasteiger partial charge in [0, 0.05) is 45.0 Å². The number of carbonyl (C=O) groups is 1. The molecule has 5 heteroatoms. The third-order valence-corrected chi connectivity index (χ3v) is 3.69. The number of hydrogen-bond donors (Lipinski definition) is 2. The van der Waals surface area contributed by atoms with E-state index in [0.717, 1.165) is 50.5 Å². The van der Waals surface area contributed by atoms with Crippen molar-refractivity contribution in [3.63, 3.8) is 0 Å². The van der Waals surface area contributed by atoms with Gasteiger partial charge < -0.3 is 16.0 Å². The van der Waals surface area contributed by atoms with E-state index in [4.69, 9.17) is 5.73 Å². The number of nitrogens with zero attached hydrogens (tertiary/aromatic N) is 2. The lowest BCUT2D eigenvalue weighted by Gasteiger charge is -2.32. The second kappa shape index (κ2) is 7.26. The van der Waals surface area contributed by atoms with Gasteiger partial charge in [0.05, 0.1) is 6.42 Å². The highest BCUT2D eigenvalue weighted by molar-refractivity contribution is 5.78. The number of nitrogens with one attached hydrogen (secondary N) is 1. The Morgan fingerprint density at radius 1 is 1.20 bits per heavy atom. The molecule has 20 heavy (non-hydrogen) atoms. The number of benzene rings is 1. The van der Waals surface area contributed by atoms with E-state index in [1.807, 2.05) is 24.3 Å². The summed E-state index contributed by atoms with van der Waals surface area (Å²) in [5.41, 5.74) is 7.34. The van der Waals surface area contributed by atoms with E-state index < -0.39 is 0 Å². The van der Waals surface area contributed by atoms with Crippen LogP contribution in [0.3, 0.4) is 0 Å². The Morgan fingerprint density at radius 2 is 1.85 bits per heavy atom. The van der Waals surface area contributed by atoms with E-state index in [0.29, 0.717) is 6.42 Å². The summed E-state index contributed by atoms with van der Waals surface area (Å²) in [4.78, 5) is 16.5. The van der Waals surface area contributed by atoms with Crippen molar-refractivity contribution in [1.29, 1.82) is 0 Å². The molecule has 0 atom stereocenters. The molecule has 5 nitrogen and oxygen atoms in total. The van der Waals surface area contributed by atoms with Crippen molar-refractivity contribution in [2.24, 2.45) is 0 Å². The van der Waals surface area contributed by atoms with Gasteiger partial charge in [-0.15, -0.1) is 0 Å². The zero-order valence-corrected chi connectivity index (χ0v) is 12.1. The highest BCUT2D eigenvalue weighted by atomic mass is 16.1. The fourth-order valence-corrected chi connectivity index (χ4v) is 2.31. The monoisotopic (exact) mass is 276 g/mol. The maximum absolute atomic E-state index is 11.8. The van der Waals surface area contributed by atoms with Crippen LogP contribution in [0.4, 0.5) is 5.69 Å². The van der Waals surface area contributed by atoms with Gasteiger partial charge in [0.2, 0.25) is 5.91 Å². The molecule has 1 amide bonds. The summed E-state index contributed by atoms with van der Waals surface area (Å²) < 4.78 is 0. The highest BCUT2D eigenvalue weighted by Crippen LogP contribution is 2.05. The van der Waals surface area contributed by atoms with Crippen LogP contribution in [0.25, 0.3) is 0 Å². The minimum atomic E-state index is 0.0731. The number of amides is 1. The van der Waals surface area contributed by atoms with Crippen LogP contribution in [-0.4, -0.2) is 62.0 Å². The Bertz CT molecular complexity index is 424. The van der Waals surface area contributed by atoms with Crippen LogP contribution < -0.4 is 11.1 Å². The number of piperazine rings is 1. The number of hydrogen-bond acceptors (Lipinski definition) is 4. The fraction of sp³-hybridized carbons (Fsp3) is 0.533. The molecule has 1 heterocycles. The van der Waals surface area contributed by atoms with E-state index in [9.17, 15) is 4.79 Å². The van der Waals surface area contributed by atoms with Crippen LogP contribution in [0.15, 0.2) is 24.3 Å². The molecule has 0 spiro atoms. The van der Waals surface area contributed by atoms with Crippen molar-refractivity contribution >= 4 is 11.6 Å². The van der Waals surface area contributed by atoms with Gasteiger partial charge in [0.15, 0.2) is 0 Å². The molecule has 1 aromatic rings. The van der Waals surface area contributed by atoms with Gasteiger partial charge in [0.25, 0.3) is 0 Å². The lowest BCUT2D eigenvalue weighted by atomic mass is 10.1. The number of likely N-dealkylation sites (N-methyl/N-ethyl adjacent to an activating group) is 1. The van der Waals surface area contributed by atoms with E-state index in [-0.39, 0.29) is 5.91 Å². The molecule has 110 valence electrons. The average molecular weight is 276 g/mol. The summed E-state index contributed by atoms with van der Waals surface area (Å²) in [7, 11) is 2.14. The lowest BCUT2D eigenvalue weighted by Crippen LogP contribution is -2.47. The molecule has 0 saturated carbocycles. The van der Waals surface area contributed by atoms with Crippen LogP contribution in [0, 0.1) is 0 Å². The standard InChI is InChI=1S/C15H24N4O/c1-18-8-10-19(11-9-18)7-6-17-15(20)12-13-2-4-14(16)5-3-13/h2-5H,6-12,16H2,1H3,(H,17,20). The minimum Gasteiger partial charge on any atom is -0.399 e. The maximum Gasteiger partial charge on any atom is 0.224 e. The Kier molecular flexibility index (Phi) is 5.38. The van der Waals surface area contributed by atoms with Crippen LogP contribution in [0.5, 0.6) is 0 Å².